The molecule has 2 heteroatoms. The highest BCUT2D eigenvalue weighted by atomic mass is 16.5. The van der Waals surface area contributed by atoms with Crippen LogP contribution in [0.25, 0.3) is 0 Å². The highest BCUT2D eigenvalue weighted by molar-refractivity contribution is 5.30. The van der Waals surface area contributed by atoms with Gasteiger partial charge in [-0.1, -0.05) is 30.3 Å². The van der Waals surface area contributed by atoms with Crippen LogP contribution in [-0.4, -0.2) is 18.8 Å². The Hall–Kier alpha value is -0.860. The van der Waals surface area contributed by atoms with Crippen LogP contribution in [0.4, 0.5) is 0 Å². The molecular weight excluding hydrogens is 164 g/mol. The van der Waals surface area contributed by atoms with Gasteiger partial charge in [-0.15, -0.1) is 0 Å². The third-order valence-electron chi connectivity index (χ3n) is 2.90. The van der Waals surface area contributed by atoms with Crippen molar-refractivity contribution < 1.29 is 9.84 Å². The summed E-state index contributed by atoms with van der Waals surface area (Å²) in [5.74, 6) is 0.278. The lowest BCUT2D eigenvalue weighted by Crippen LogP contribution is -2.14. The Morgan fingerprint density at radius 1 is 1.46 bits per heavy atom. The van der Waals surface area contributed by atoms with E-state index in [0.717, 1.165) is 6.42 Å². The number of ether oxygens (including phenoxy) is 1. The van der Waals surface area contributed by atoms with Crippen LogP contribution in [-0.2, 0) is 10.3 Å². The maximum atomic E-state index is 9.05. The van der Waals surface area contributed by atoms with Gasteiger partial charge in [0.1, 0.15) is 0 Å². The summed E-state index contributed by atoms with van der Waals surface area (Å²) in [6.45, 7) is 0.211. The standard InChI is InChI=1S/C11H14O2/c1-13-11(7-10(11)8-12)9-5-3-2-4-6-9/h2-6,10,12H,7-8H2,1H3/t10-,11-/m0/s1. The van der Waals surface area contributed by atoms with E-state index in [-0.39, 0.29) is 18.1 Å². The van der Waals surface area contributed by atoms with E-state index in [4.69, 9.17) is 9.84 Å². The van der Waals surface area contributed by atoms with Crippen LogP contribution >= 0.6 is 0 Å². The van der Waals surface area contributed by atoms with Crippen molar-refractivity contribution in [2.45, 2.75) is 12.0 Å². The predicted molar refractivity (Wildman–Crippen MR) is 50.3 cm³/mol. The molecule has 0 bridgehead atoms. The topological polar surface area (TPSA) is 29.5 Å². The van der Waals surface area contributed by atoms with Crippen LogP contribution in [0.1, 0.15) is 12.0 Å². The zero-order chi connectivity index (χ0) is 9.31. The fraction of sp³-hybridized carbons (Fsp3) is 0.455. The lowest BCUT2D eigenvalue weighted by atomic mass is 10.1. The average molecular weight is 178 g/mol. The molecule has 1 aromatic rings. The van der Waals surface area contributed by atoms with Gasteiger partial charge in [0.2, 0.25) is 0 Å². The van der Waals surface area contributed by atoms with Gasteiger partial charge in [-0.25, -0.2) is 0 Å². The van der Waals surface area contributed by atoms with Crippen molar-refractivity contribution in [1.29, 1.82) is 0 Å². The van der Waals surface area contributed by atoms with Gasteiger partial charge < -0.3 is 9.84 Å². The van der Waals surface area contributed by atoms with Crippen LogP contribution in [0.5, 0.6) is 0 Å². The lowest BCUT2D eigenvalue weighted by molar-refractivity contribution is 0.0525. The van der Waals surface area contributed by atoms with Crippen LogP contribution in [0.15, 0.2) is 30.3 Å². The molecule has 2 rings (SSSR count). The van der Waals surface area contributed by atoms with Crippen molar-refractivity contribution in [1.82, 2.24) is 0 Å². The highest BCUT2D eigenvalue weighted by Crippen LogP contribution is 2.54. The molecule has 2 atom stereocenters. The van der Waals surface area contributed by atoms with E-state index in [0.29, 0.717) is 0 Å². The Morgan fingerprint density at radius 3 is 2.62 bits per heavy atom. The van der Waals surface area contributed by atoms with E-state index in [1.807, 2.05) is 18.2 Å². The maximum absolute atomic E-state index is 9.05. The van der Waals surface area contributed by atoms with Crippen LogP contribution in [0.2, 0.25) is 0 Å². The molecule has 0 heterocycles. The monoisotopic (exact) mass is 178 g/mol. The van der Waals surface area contributed by atoms with Gasteiger partial charge in [0.25, 0.3) is 0 Å². The van der Waals surface area contributed by atoms with Gasteiger partial charge in [0, 0.05) is 19.6 Å². The lowest BCUT2D eigenvalue weighted by Gasteiger charge is -2.15. The Labute approximate surface area is 78.2 Å². The maximum Gasteiger partial charge on any atom is 0.0983 e. The minimum Gasteiger partial charge on any atom is -0.396 e. The minimum atomic E-state index is -0.198. The number of hydrogen-bond donors (Lipinski definition) is 1. The molecule has 13 heavy (non-hydrogen) atoms. The van der Waals surface area contributed by atoms with E-state index >= 15 is 0 Å². The molecule has 0 aromatic heterocycles. The SMILES string of the molecule is CO[C@]1(c2ccccc2)C[C@H]1CO. The normalized spacial score (nSPS) is 31.7. The molecule has 0 aliphatic heterocycles. The number of hydrogen-bond acceptors (Lipinski definition) is 2. The molecule has 0 unspecified atom stereocenters. The van der Waals surface area contributed by atoms with E-state index in [1.165, 1.54) is 5.56 Å². The fourth-order valence-electron chi connectivity index (χ4n) is 1.96. The Bertz CT molecular complexity index is 283. The first-order valence-electron chi connectivity index (χ1n) is 4.55. The Kier molecular flexibility index (Phi) is 2.10. The second kappa shape index (κ2) is 3.13. The number of benzene rings is 1. The molecule has 2 nitrogen and oxygen atoms in total. The molecule has 70 valence electrons. The van der Waals surface area contributed by atoms with Crippen LogP contribution in [0.3, 0.4) is 0 Å². The number of methoxy groups -OCH3 is 1. The Morgan fingerprint density at radius 2 is 2.15 bits per heavy atom. The van der Waals surface area contributed by atoms with Crippen molar-refractivity contribution in [3.05, 3.63) is 35.9 Å². The molecule has 0 saturated heterocycles. The van der Waals surface area contributed by atoms with Gasteiger partial charge in [-0.05, 0) is 12.0 Å². The van der Waals surface area contributed by atoms with E-state index < -0.39 is 0 Å². The molecule has 0 spiro atoms. The van der Waals surface area contributed by atoms with Crippen molar-refractivity contribution in [2.75, 3.05) is 13.7 Å². The second-order valence-corrected chi connectivity index (χ2v) is 3.54. The zero-order valence-corrected chi connectivity index (χ0v) is 7.73. The van der Waals surface area contributed by atoms with Crippen LogP contribution in [0, 0.1) is 5.92 Å². The third-order valence-corrected chi connectivity index (χ3v) is 2.90. The highest BCUT2D eigenvalue weighted by Gasteiger charge is 2.55. The molecule has 1 aliphatic carbocycles. The molecule has 1 aromatic carbocycles. The summed E-state index contributed by atoms with van der Waals surface area (Å²) in [7, 11) is 1.71. The molecule has 0 radical (unpaired) electrons. The van der Waals surface area contributed by atoms with Crippen LogP contribution < -0.4 is 0 Å². The smallest absolute Gasteiger partial charge is 0.0983 e. The fourth-order valence-corrected chi connectivity index (χ4v) is 1.96. The summed E-state index contributed by atoms with van der Waals surface area (Å²) in [5.41, 5.74) is 0.979. The average Bonchev–Trinajstić information content (AvgIpc) is 2.94. The Balaban J connectivity index is 2.25. The molecule has 1 aliphatic rings. The van der Waals surface area contributed by atoms with Gasteiger partial charge in [0.05, 0.1) is 5.60 Å². The summed E-state index contributed by atoms with van der Waals surface area (Å²) in [6.07, 6.45) is 0.935. The summed E-state index contributed by atoms with van der Waals surface area (Å²) < 4.78 is 5.48. The summed E-state index contributed by atoms with van der Waals surface area (Å²) in [5, 5.41) is 9.05. The number of aliphatic hydroxyl groups excluding tert-OH is 1. The van der Waals surface area contributed by atoms with Gasteiger partial charge in [-0.2, -0.15) is 0 Å². The first kappa shape index (κ1) is 8.73. The van der Waals surface area contributed by atoms with Crippen molar-refractivity contribution in [3.8, 4) is 0 Å². The predicted octanol–water partition coefficient (Wildman–Crippen LogP) is 1.54. The number of aliphatic hydroxyl groups is 1. The largest absolute Gasteiger partial charge is 0.396 e. The van der Waals surface area contributed by atoms with Crippen molar-refractivity contribution >= 4 is 0 Å². The van der Waals surface area contributed by atoms with Crippen molar-refractivity contribution in [3.63, 3.8) is 0 Å². The second-order valence-electron chi connectivity index (χ2n) is 3.54. The molecule has 1 N–H and O–H groups in total. The first-order valence-corrected chi connectivity index (χ1v) is 4.55. The molecule has 1 saturated carbocycles. The van der Waals surface area contributed by atoms with Gasteiger partial charge in [-0.3, -0.25) is 0 Å². The summed E-state index contributed by atoms with van der Waals surface area (Å²) in [6, 6.07) is 10.1. The van der Waals surface area contributed by atoms with Gasteiger partial charge in [0.15, 0.2) is 0 Å². The van der Waals surface area contributed by atoms with Crippen molar-refractivity contribution in [2.24, 2.45) is 5.92 Å². The van der Waals surface area contributed by atoms with E-state index in [9.17, 15) is 0 Å². The first-order chi connectivity index (χ1) is 6.33. The van der Waals surface area contributed by atoms with E-state index in [1.54, 1.807) is 7.11 Å². The molecular formula is C11H14O2. The minimum absolute atomic E-state index is 0.198. The zero-order valence-electron chi connectivity index (χ0n) is 7.73. The third kappa shape index (κ3) is 1.26. The summed E-state index contributed by atoms with van der Waals surface area (Å²) in [4.78, 5) is 0. The molecule has 1 fully saturated rings. The number of rotatable bonds is 3. The van der Waals surface area contributed by atoms with E-state index in [2.05, 4.69) is 12.1 Å². The van der Waals surface area contributed by atoms with Gasteiger partial charge >= 0.3 is 0 Å². The summed E-state index contributed by atoms with van der Waals surface area (Å²) >= 11 is 0. The quantitative estimate of drug-likeness (QED) is 0.760. The molecule has 0 amide bonds.